The SMILES string of the molecule is CCCCCCCCCCCCCCCCCCCCCCCCCC(=O)N[C@@H](C)[C@H](O[Si](C)(C)C(C)(C)C)[C@@](O)(CCCCCCCCCCCCCC)O[Si](C)(C)C(C)(C)C. The summed E-state index contributed by atoms with van der Waals surface area (Å²) < 4.78 is 14.2. The van der Waals surface area contributed by atoms with Gasteiger partial charge in [0.1, 0.15) is 6.10 Å². The van der Waals surface area contributed by atoms with Gasteiger partial charge in [0, 0.05) is 12.8 Å². The quantitative estimate of drug-likeness (QED) is 0.0363. The van der Waals surface area contributed by atoms with Gasteiger partial charge in [-0.15, -0.1) is 0 Å². The van der Waals surface area contributed by atoms with Gasteiger partial charge in [-0.2, -0.15) is 0 Å². The Labute approximate surface area is 399 Å². The van der Waals surface area contributed by atoms with Crippen LogP contribution in [-0.4, -0.2) is 45.6 Å². The van der Waals surface area contributed by atoms with E-state index >= 15 is 0 Å². The van der Waals surface area contributed by atoms with E-state index in [4.69, 9.17) is 8.85 Å². The average Bonchev–Trinajstić information content (AvgIpc) is 3.19. The first-order chi connectivity index (χ1) is 29.7. The zero-order valence-corrected chi connectivity index (χ0v) is 47.5. The van der Waals surface area contributed by atoms with Crippen molar-refractivity contribution in [2.75, 3.05) is 0 Å². The summed E-state index contributed by atoms with van der Waals surface area (Å²) in [5.41, 5.74) is 0. The van der Waals surface area contributed by atoms with Crippen LogP contribution in [0.2, 0.25) is 36.3 Å². The number of nitrogens with one attached hydrogen (secondary N) is 1. The van der Waals surface area contributed by atoms with Gasteiger partial charge in [-0.1, -0.05) is 267 Å². The van der Waals surface area contributed by atoms with Gasteiger partial charge in [-0.05, 0) is 56.0 Å². The first kappa shape index (κ1) is 62.8. The molecule has 3 atom stereocenters. The molecule has 0 saturated carbocycles. The molecule has 0 saturated heterocycles. The molecule has 0 rings (SSSR count). The molecule has 7 heteroatoms. The lowest BCUT2D eigenvalue weighted by molar-refractivity contribution is -0.219. The van der Waals surface area contributed by atoms with Crippen LogP contribution in [-0.2, 0) is 13.6 Å². The lowest BCUT2D eigenvalue weighted by atomic mass is 9.96. The standard InChI is InChI=1S/C56H117NO4Si2/c1-14-16-18-20-22-24-26-28-29-30-31-32-33-34-35-36-37-38-39-41-43-45-47-49-52(58)57-51(3)53(60-62(10,11)54(4,5)6)56(59,61-63(12,13)55(7,8)9)50-48-46-44-42-40-27-25-23-21-19-17-15-2/h51,53,59H,14-50H2,1-13H3,(H,57,58)/t51-,53-,56+/m0/s1. The molecular formula is C56H117NO4Si2. The fourth-order valence-corrected chi connectivity index (χ4v) is 11.4. The second-order valence-electron chi connectivity index (χ2n) is 23.5. The van der Waals surface area contributed by atoms with Gasteiger partial charge in [-0.3, -0.25) is 4.79 Å². The van der Waals surface area contributed by atoms with E-state index in [2.05, 4.69) is 86.9 Å². The third-order valence-corrected chi connectivity index (χ3v) is 24.1. The monoisotopic (exact) mass is 924 g/mol. The Morgan fingerprint density at radius 1 is 0.460 bits per heavy atom. The molecule has 0 aliphatic rings. The maximum absolute atomic E-state index is 13.5. The van der Waals surface area contributed by atoms with Crippen molar-refractivity contribution in [1.29, 1.82) is 0 Å². The van der Waals surface area contributed by atoms with E-state index in [1.54, 1.807) is 0 Å². The molecular weight excluding hydrogens is 807 g/mol. The number of hydrogen-bond acceptors (Lipinski definition) is 4. The molecule has 0 spiro atoms. The molecule has 2 N–H and O–H groups in total. The van der Waals surface area contributed by atoms with Crippen molar-refractivity contribution in [3.63, 3.8) is 0 Å². The number of amides is 1. The van der Waals surface area contributed by atoms with Crippen LogP contribution in [0.25, 0.3) is 0 Å². The predicted octanol–water partition coefficient (Wildman–Crippen LogP) is 19.1. The zero-order valence-electron chi connectivity index (χ0n) is 45.5. The van der Waals surface area contributed by atoms with E-state index < -0.39 is 28.5 Å². The molecule has 0 aromatic heterocycles. The van der Waals surface area contributed by atoms with Crippen molar-refractivity contribution >= 4 is 22.5 Å². The lowest BCUT2D eigenvalue weighted by Crippen LogP contribution is -2.64. The van der Waals surface area contributed by atoms with Crippen molar-refractivity contribution in [1.82, 2.24) is 5.32 Å². The summed E-state index contributed by atoms with van der Waals surface area (Å²) >= 11 is 0. The Kier molecular flexibility index (Phi) is 36.7. The van der Waals surface area contributed by atoms with Crippen LogP contribution in [0.3, 0.4) is 0 Å². The second-order valence-corrected chi connectivity index (χ2v) is 33.0. The topological polar surface area (TPSA) is 67.8 Å². The van der Waals surface area contributed by atoms with E-state index in [-0.39, 0.29) is 22.0 Å². The summed E-state index contributed by atoms with van der Waals surface area (Å²) in [4.78, 5) is 13.5. The summed E-state index contributed by atoms with van der Waals surface area (Å²) in [7, 11) is -4.75. The smallest absolute Gasteiger partial charge is 0.220 e. The highest BCUT2D eigenvalue weighted by Crippen LogP contribution is 2.44. The number of carbonyl (C=O) groups excluding carboxylic acids is 1. The van der Waals surface area contributed by atoms with Crippen LogP contribution in [0.1, 0.15) is 300 Å². The second kappa shape index (κ2) is 36.8. The van der Waals surface area contributed by atoms with Gasteiger partial charge in [-0.25, -0.2) is 0 Å². The third-order valence-electron chi connectivity index (χ3n) is 15.1. The van der Waals surface area contributed by atoms with Crippen LogP contribution < -0.4 is 5.32 Å². The molecule has 63 heavy (non-hydrogen) atoms. The molecule has 0 heterocycles. The first-order valence-corrected chi connectivity index (χ1v) is 34.0. The Morgan fingerprint density at radius 2 is 0.730 bits per heavy atom. The molecule has 0 aliphatic heterocycles. The third kappa shape index (κ3) is 32.2. The van der Waals surface area contributed by atoms with Crippen LogP contribution >= 0.6 is 0 Å². The number of hydrogen-bond donors (Lipinski definition) is 2. The molecule has 0 aliphatic carbocycles. The molecule has 0 unspecified atom stereocenters. The fraction of sp³-hybridized carbons (Fsp3) is 0.982. The number of unbranched alkanes of at least 4 members (excludes halogenated alkanes) is 33. The highest BCUT2D eigenvalue weighted by Gasteiger charge is 2.52. The fourth-order valence-electron chi connectivity index (χ4n) is 8.62. The first-order valence-electron chi connectivity index (χ1n) is 28.1. The normalized spacial score (nSPS) is 14.8. The van der Waals surface area contributed by atoms with Crippen LogP contribution in [0, 0.1) is 0 Å². The molecule has 1 amide bonds. The summed E-state index contributed by atoms with van der Waals surface area (Å²) in [6, 6.07) is -0.372. The number of aliphatic hydroxyl groups is 1. The minimum atomic E-state index is -2.40. The van der Waals surface area contributed by atoms with Crippen LogP contribution in [0.5, 0.6) is 0 Å². The highest BCUT2D eigenvalue weighted by atomic mass is 28.4. The van der Waals surface area contributed by atoms with Crippen molar-refractivity contribution in [2.24, 2.45) is 0 Å². The maximum atomic E-state index is 13.5. The van der Waals surface area contributed by atoms with Gasteiger partial charge >= 0.3 is 0 Å². The summed E-state index contributed by atoms with van der Waals surface area (Å²) in [6.07, 6.45) is 47.1. The van der Waals surface area contributed by atoms with Crippen molar-refractivity contribution in [3.8, 4) is 0 Å². The number of carbonyl (C=O) groups is 1. The van der Waals surface area contributed by atoms with Gasteiger partial charge < -0.3 is 19.3 Å². The molecule has 0 aromatic carbocycles. The van der Waals surface area contributed by atoms with E-state index in [1.165, 1.54) is 199 Å². The zero-order chi connectivity index (χ0) is 47.5. The molecule has 378 valence electrons. The molecule has 0 aromatic rings. The Morgan fingerprint density at radius 3 is 1.02 bits per heavy atom. The molecule has 0 radical (unpaired) electrons. The Hall–Kier alpha value is -0.216. The van der Waals surface area contributed by atoms with Gasteiger partial charge in [0.15, 0.2) is 22.4 Å². The van der Waals surface area contributed by atoms with Crippen molar-refractivity contribution in [3.05, 3.63) is 0 Å². The highest BCUT2D eigenvalue weighted by molar-refractivity contribution is 6.74. The minimum Gasteiger partial charge on any atom is -0.406 e. The van der Waals surface area contributed by atoms with Gasteiger partial charge in [0.25, 0.3) is 0 Å². The van der Waals surface area contributed by atoms with Gasteiger partial charge in [0.2, 0.25) is 5.91 Å². The molecule has 0 bridgehead atoms. The van der Waals surface area contributed by atoms with Gasteiger partial charge in [0.05, 0.1) is 6.04 Å². The minimum absolute atomic E-state index is 0.0470. The summed E-state index contributed by atoms with van der Waals surface area (Å²) in [5.74, 6) is -1.41. The average molecular weight is 925 g/mol. The lowest BCUT2D eigenvalue weighted by Gasteiger charge is -2.50. The summed E-state index contributed by atoms with van der Waals surface area (Å²) in [5, 5.41) is 16.1. The number of rotatable bonds is 44. The maximum Gasteiger partial charge on any atom is 0.220 e. The Balaban J connectivity index is 4.82. The molecule has 5 nitrogen and oxygen atoms in total. The largest absolute Gasteiger partial charge is 0.406 e. The molecule has 0 fully saturated rings. The van der Waals surface area contributed by atoms with E-state index in [9.17, 15) is 9.90 Å². The summed E-state index contributed by atoms with van der Waals surface area (Å²) in [6.45, 7) is 29.1. The van der Waals surface area contributed by atoms with Crippen molar-refractivity contribution in [2.45, 2.75) is 354 Å². The van der Waals surface area contributed by atoms with Crippen molar-refractivity contribution < 1.29 is 18.8 Å². The van der Waals surface area contributed by atoms with E-state index in [1.807, 2.05) is 6.92 Å². The Bertz CT molecular complexity index is 1050. The predicted molar refractivity (Wildman–Crippen MR) is 285 cm³/mol. The van der Waals surface area contributed by atoms with Crippen LogP contribution in [0.15, 0.2) is 0 Å². The van der Waals surface area contributed by atoms with Crippen LogP contribution in [0.4, 0.5) is 0 Å². The van der Waals surface area contributed by atoms with E-state index in [0.717, 1.165) is 25.7 Å². The van der Waals surface area contributed by atoms with E-state index in [0.29, 0.717) is 12.8 Å².